The van der Waals surface area contributed by atoms with Crippen molar-refractivity contribution in [3.8, 4) is 5.75 Å². The van der Waals surface area contributed by atoms with Crippen LogP contribution in [0.3, 0.4) is 0 Å². The smallest absolute Gasteiger partial charge is 0.407 e. The molecular weight excluding hydrogens is 250 g/mol. The van der Waals surface area contributed by atoms with Gasteiger partial charge in [0.15, 0.2) is 11.6 Å². The minimum absolute atomic E-state index is 0.0739. The van der Waals surface area contributed by atoms with Gasteiger partial charge in [0.25, 0.3) is 0 Å². The molecule has 1 atom stereocenters. The number of ether oxygens (including phenoxy) is 1. The van der Waals surface area contributed by atoms with Crippen LogP contribution in [0.15, 0.2) is 18.2 Å². The van der Waals surface area contributed by atoms with E-state index in [1.807, 2.05) is 0 Å². The number of alkyl halides is 3. The third-order valence-electron chi connectivity index (χ3n) is 2.43. The molecule has 0 bridgehead atoms. The molecule has 0 saturated carbocycles. The predicted octanol–water partition coefficient (Wildman–Crippen LogP) is 3.44. The molecule has 6 heteroatoms. The minimum Gasteiger partial charge on any atom is -0.494 e. The van der Waals surface area contributed by atoms with Gasteiger partial charge in [-0.2, -0.15) is 13.2 Å². The number of benzene rings is 1. The fourth-order valence-corrected chi connectivity index (χ4v) is 1.57. The number of nitrogens with one attached hydrogen (secondary N) is 1. The Balaban J connectivity index is 3.02. The molecule has 1 N–H and O–H groups in total. The van der Waals surface area contributed by atoms with Gasteiger partial charge in [-0.25, -0.2) is 4.39 Å². The van der Waals surface area contributed by atoms with Crippen LogP contribution in [0.5, 0.6) is 5.75 Å². The molecule has 0 aliphatic heterocycles. The first-order valence-corrected chi connectivity index (χ1v) is 5.53. The zero-order chi connectivity index (χ0) is 13.8. The number of rotatable bonds is 5. The predicted molar refractivity (Wildman–Crippen MR) is 60.0 cm³/mol. The van der Waals surface area contributed by atoms with Crippen LogP contribution in [0.1, 0.15) is 24.9 Å². The molecule has 1 rings (SSSR count). The Morgan fingerprint density at radius 1 is 1.33 bits per heavy atom. The van der Waals surface area contributed by atoms with Crippen molar-refractivity contribution in [1.29, 1.82) is 0 Å². The summed E-state index contributed by atoms with van der Waals surface area (Å²) in [6.45, 7) is 1.97. The van der Waals surface area contributed by atoms with E-state index in [1.54, 1.807) is 6.92 Å². The molecule has 1 unspecified atom stereocenters. The van der Waals surface area contributed by atoms with Gasteiger partial charge in [0.05, 0.1) is 7.11 Å². The van der Waals surface area contributed by atoms with Gasteiger partial charge in [-0.3, -0.25) is 0 Å². The molecule has 0 spiro atoms. The molecule has 0 radical (unpaired) electrons. The molecule has 2 nitrogen and oxygen atoms in total. The molecule has 18 heavy (non-hydrogen) atoms. The molecule has 1 aromatic carbocycles. The van der Waals surface area contributed by atoms with Crippen molar-refractivity contribution < 1.29 is 22.3 Å². The van der Waals surface area contributed by atoms with E-state index in [9.17, 15) is 17.6 Å². The van der Waals surface area contributed by atoms with E-state index in [-0.39, 0.29) is 17.9 Å². The van der Waals surface area contributed by atoms with Crippen molar-refractivity contribution in [1.82, 2.24) is 5.32 Å². The summed E-state index contributed by atoms with van der Waals surface area (Å²) < 4.78 is 56.6. The van der Waals surface area contributed by atoms with Crippen LogP contribution in [-0.4, -0.2) is 19.8 Å². The van der Waals surface area contributed by atoms with Gasteiger partial charge in [-0.05, 0) is 30.7 Å². The first kappa shape index (κ1) is 14.8. The monoisotopic (exact) mass is 265 g/mol. The summed E-state index contributed by atoms with van der Waals surface area (Å²) in [5.74, 6) is -0.877. The first-order chi connectivity index (χ1) is 8.40. The summed E-state index contributed by atoms with van der Waals surface area (Å²) in [5, 5.41) is 2.36. The Hall–Kier alpha value is -1.30. The second-order valence-electron chi connectivity index (χ2n) is 3.82. The molecule has 0 aliphatic carbocycles. The summed E-state index contributed by atoms with van der Waals surface area (Å²) in [7, 11) is 1.26. The van der Waals surface area contributed by atoms with Crippen LogP contribution < -0.4 is 10.1 Å². The zero-order valence-electron chi connectivity index (χ0n) is 10.1. The van der Waals surface area contributed by atoms with E-state index in [2.05, 4.69) is 10.1 Å². The average Bonchev–Trinajstić information content (AvgIpc) is 2.28. The van der Waals surface area contributed by atoms with Gasteiger partial charge in [0, 0.05) is 0 Å². The van der Waals surface area contributed by atoms with E-state index in [0.717, 1.165) is 6.07 Å². The topological polar surface area (TPSA) is 21.3 Å². The third kappa shape index (κ3) is 3.60. The highest BCUT2D eigenvalue weighted by molar-refractivity contribution is 5.31. The highest BCUT2D eigenvalue weighted by Crippen LogP contribution is 2.34. The van der Waals surface area contributed by atoms with Crippen molar-refractivity contribution >= 4 is 0 Å². The first-order valence-electron chi connectivity index (χ1n) is 5.53. The Labute approximate surface area is 103 Å². The lowest BCUT2D eigenvalue weighted by Gasteiger charge is -2.22. The van der Waals surface area contributed by atoms with Crippen LogP contribution in [-0.2, 0) is 0 Å². The maximum atomic E-state index is 13.4. The normalized spacial score (nSPS) is 13.4. The summed E-state index contributed by atoms with van der Waals surface area (Å²) >= 11 is 0. The summed E-state index contributed by atoms with van der Waals surface area (Å²) in [5.41, 5.74) is -0.158. The fourth-order valence-electron chi connectivity index (χ4n) is 1.57. The molecule has 0 amide bonds. The summed E-state index contributed by atoms with van der Waals surface area (Å²) in [4.78, 5) is 0. The van der Waals surface area contributed by atoms with Gasteiger partial charge >= 0.3 is 6.18 Å². The van der Waals surface area contributed by atoms with E-state index < -0.39 is 18.0 Å². The molecular formula is C12H15F4NO. The van der Waals surface area contributed by atoms with Crippen LogP contribution >= 0.6 is 0 Å². The van der Waals surface area contributed by atoms with Crippen LogP contribution in [0.25, 0.3) is 0 Å². The maximum Gasteiger partial charge on any atom is 0.407 e. The Bertz CT molecular complexity index is 392. The highest BCUT2D eigenvalue weighted by Gasteiger charge is 2.40. The van der Waals surface area contributed by atoms with Crippen molar-refractivity contribution in [2.75, 3.05) is 13.7 Å². The Morgan fingerprint density at radius 3 is 2.44 bits per heavy atom. The van der Waals surface area contributed by atoms with Gasteiger partial charge in [0.2, 0.25) is 0 Å². The molecule has 0 saturated heterocycles. The van der Waals surface area contributed by atoms with E-state index in [0.29, 0.717) is 6.42 Å². The second-order valence-corrected chi connectivity index (χ2v) is 3.82. The van der Waals surface area contributed by atoms with Crippen molar-refractivity contribution in [3.05, 3.63) is 29.6 Å². The quantitative estimate of drug-likeness (QED) is 0.823. The van der Waals surface area contributed by atoms with Crippen molar-refractivity contribution in [2.24, 2.45) is 0 Å². The fraction of sp³-hybridized carbons (Fsp3) is 0.500. The van der Waals surface area contributed by atoms with E-state index in [1.165, 1.54) is 19.2 Å². The second kappa shape index (κ2) is 6.04. The van der Waals surface area contributed by atoms with E-state index >= 15 is 0 Å². The zero-order valence-corrected chi connectivity index (χ0v) is 10.1. The molecule has 0 aromatic heterocycles. The van der Waals surface area contributed by atoms with Crippen LogP contribution in [0, 0.1) is 5.82 Å². The largest absolute Gasteiger partial charge is 0.494 e. The number of halogens is 4. The molecule has 0 aliphatic rings. The van der Waals surface area contributed by atoms with Crippen molar-refractivity contribution in [3.63, 3.8) is 0 Å². The SMILES string of the molecule is CCCNC(c1ccc(OC)c(F)c1)C(F)(F)F. The maximum absolute atomic E-state index is 13.4. The number of hydrogen-bond acceptors (Lipinski definition) is 2. The number of methoxy groups -OCH3 is 1. The standard InChI is InChI=1S/C12H15F4NO/c1-3-6-17-11(12(14,15)16)8-4-5-10(18-2)9(13)7-8/h4-5,7,11,17H,3,6H2,1-2H3. The van der Waals surface area contributed by atoms with Crippen LogP contribution in [0.4, 0.5) is 17.6 Å². The molecule has 1 aromatic rings. The van der Waals surface area contributed by atoms with Gasteiger partial charge < -0.3 is 10.1 Å². The van der Waals surface area contributed by atoms with Crippen LogP contribution in [0.2, 0.25) is 0 Å². The lowest BCUT2D eigenvalue weighted by atomic mass is 10.1. The Kier molecular flexibility index (Phi) is 4.95. The lowest BCUT2D eigenvalue weighted by Crippen LogP contribution is -2.34. The highest BCUT2D eigenvalue weighted by atomic mass is 19.4. The summed E-state index contributed by atoms with van der Waals surface area (Å²) in [6.07, 6.45) is -3.90. The average molecular weight is 265 g/mol. The Morgan fingerprint density at radius 2 is 2.00 bits per heavy atom. The lowest BCUT2D eigenvalue weighted by molar-refractivity contribution is -0.157. The summed E-state index contributed by atoms with van der Waals surface area (Å²) in [6, 6.07) is 1.39. The molecule has 0 fully saturated rings. The van der Waals surface area contributed by atoms with E-state index in [4.69, 9.17) is 0 Å². The minimum atomic E-state index is -4.46. The third-order valence-corrected chi connectivity index (χ3v) is 2.43. The van der Waals surface area contributed by atoms with Gasteiger partial charge in [-0.1, -0.05) is 13.0 Å². The number of hydrogen-bond donors (Lipinski definition) is 1. The molecule has 102 valence electrons. The van der Waals surface area contributed by atoms with Crippen molar-refractivity contribution in [2.45, 2.75) is 25.6 Å². The van der Waals surface area contributed by atoms with Gasteiger partial charge in [0.1, 0.15) is 6.04 Å². The van der Waals surface area contributed by atoms with Gasteiger partial charge in [-0.15, -0.1) is 0 Å². The molecule has 0 heterocycles.